The minimum atomic E-state index is 0.309. The molecule has 0 atom stereocenters. The standard InChI is InChI=1S/C14H22N2O/c1-11-5-6-12(7-13(11)16(3)4)15-8-14(2)9-17-10-14/h5-7,15H,8-10H2,1-4H3. The quantitative estimate of drug-likeness (QED) is 0.866. The average molecular weight is 234 g/mol. The second-order valence-electron chi connectivity index (χ2n) is 5.55. The normalized spacial score (nSPS) is 17.4. The molecule has 0 aromatic heterocycles. The molecule has 1 aliphatic rings. The predicted molar refractivity (Wildman–Crippen MR) is 72.9 cm³/mol. The van der Waals surface area contributed by atoms with Crippen molar-refractivity contribution < 1.29 is 4.74 Å². The monoisotopic (exact) mass is 234 g/mol. The molecule has 1 fully saturated rings. The SMILES string of the molecule is Cc1ccc(NCC2(C)COC2)cc1N(C)C. The number of hydrogen-bond acceptors (Lipinski definition) is 3. The highest BCUT2D eigenvalue weighted by Gasteiger charge is 2.32. The van der Waals surface area contributed by atoms with Crippen molar-refractivity contribution in [3.63, 3.8) is 0 Å². The summed E-state index contributed by atoms with van der Waals surface area (Å²) >= 11 is 0. The lowest BCUT2D eigenvalue weighted by atomic mass is 9.88. The number of hydrogen-bond donors (Lipinski definition) is 1. The number of rotatable bonds is 4. The van der Waals surface area contributed by atoms with Crippen LogP contribution in [0.5, 0.6) is 0 Å². The van der Waals surface area contributed by atoms with Crippen LogP contribution in [0.3, 0.4) is 0 Å². The van der Waals surface area contributed by atoms with Gasteiger partial charge in [-0.05, 0) is 24.6 Å². The molecular formula is C14H22N2O. The van der Waals surface area contributed by atoms with Gasteiger partial charge in [-0.3, -0.25) is 0 Å². The Balaban J connectivity index is 2.03. The Hall–Kier alpha value is -1.22. The number of aryl methyl sites for hydroxylation is 1. The third-order valence-electron chi connectivity index (χ3n) is 3.31. The largest absolute Gasteiger partial charge is 0.384 e. The van der Waals surface area contributed by atoms with E-state index in [1.54, 1.807) is 0 Å². The summed E-state index contributed by atoms with van der Waals surface area (Å²) < 4.78 is 5.26. The Bertz CT molecular complexity index is 397. The molecule has 0 bridgehead atoms. The summed E-state index contributed by atoms with van der Waals surface area (Å²) in [6, 6.07) is 6.51. The van der Waals surface area contributed by atoms with Gasteiger partial charge in [0.25, 0.3) is 0 Å². The molecule has 1 aliphatic heterocycles. The van der Waals surface area contributed by atoms with Crippen molar-refractivity contribution in [3.05, 3.63) is 23.8 Å². The van der Waals surface area contributed by atoms with Gasteiger partial charge in [0, 0.05) is 37.4 Å². The minimum Gasteiger partial charge on any atom is -0.384 e. The van der Waals surface area contributed by atoms with Crippen LogP contribution in [0.15, 0.2) is 18.2 Å². The van der Waals surface area contributed by atoms with Crippen molar-refractivity contribution in [1.29, 1.82) is 0 Å². The summed E-state index contributed by atoms with van der Waals surface area (Å²) in [5.74, 6) is 0. The summed E-state index contributed by atoms with van der Waals surface area (Å²) in [7, 11) is 4.15. The minimum absolute atomic E-state index is 0.309. The predicted octanol–water partition coefficient (Wildman–Crippen LogP) is 2.51. The highest BCUT2D eigenvalue weighted by atomic mass is 16.5. The summed E-state index contributed by atoms with van der Waals surface area (Å²) in [6.07, 6.45) is 0. The molecule has 0 saturated carbocycles. The van der Waals surface area contributed by atoms with Crippen molar-refractivity contribution in [1.82, 2.24) is 0 Å². The number of nitrogens with one attached hydrogen (secondary N) is 1. The first-order valence-electron chi connectivity index (χ1n) is 6.10. The molecule has 1 N–H and O–H groups in total. The van der Waals surface area contributed by atoms with E-state index in [0.29, 0.717) is 5.41 Å². The first-order valence-corrected chi connectivity index (χ1v) is 6.10. The lowest BCUT2D eigenvalue weighted by Gasteiger charge is -2.38. The zero-order valence-corrected chi connectivity index (χ0v) is 11.2. The van der Waals surface area contributed by atoms with E-state index in [4.69, 9.17) is 4.74 Å². The fourth-order valence-electron chi connectivity index (χ4n) is 2.07. The molecule has 0 spiro atoms. The Morgan fingerprint density at radius 2 is 2.06 bits per heavy atom. The van der Waals surface area contributed by atoms with E-state index in [1.165, 1.54) is 16.9 Å². The molecule has 2 rings (SSSR count). The highest BCUT2D eigenvalue weighted by molar-refractivity contribution is 5.61. The van der Waals surface area contributed by atoms with Crippen molar-refractivity contribution in [2.24, 2.45) is 5.41 Å². The molecule has 0 unspecified atom stereocenters. The topological polar surface area (TPSA) is 24.5 Å². The van der Waals surface area contributed by atoms with Crippen LogP contribution in [0.25, 0.3) is 0 Å². The molecule has 3 nitrogen and oxygen atoms in total. The third-order valence-corrected chi connectivity index (χ3v) is 3.31. The molecular weight excluding hydrogens is 212 g/mol. The molecule has 1 aromatic rings. The van der Waals surface area contributed by atoms with Crippen LogP contribution in [0.4, 0.5) is 11.4 Å². The summed E-state index contributed by atoms with van der Waals surface area (Å²) in [5.41, 5.74) is 4.07. The van der Waals surface area contributed by atoms with E-state index in [-0.39, 0.29) is 0 Å². The van der Waals surface area contributed by atoms with Gasteiger partial charge in [0.1, 0.15) is 0 Å². The van der Waals surface area contributed by atoms with Gasteiger partial charge in [-0.2, -0.15) is 0 Å². The van der Waals surface area contributed by atoms with E-state index in [1.807, 2.05) is 0 Å². The van der Waals surface area contributed by atoms with E-state index >= 15 is 0 Å². The van der Waals surface area contributed by atoms with Gasteiger partial charge in [-0.25, -0.2) is 0 Å². The van der Waals surface area contributed by atoms with Crippen LogP contribution in [-0.2, 0) is 4.74 Å². The van der Waals surface area contributed by atoms with Crippen LogP contribution in [0, 0.1) is 12.3 Å². The maximum atomic E-state index is 5.26. The molecule has 0 amide bonds. The van der Waals surface area contributed by atoms with Crippen LogP contribution >= 0.6 is 0 Å². The second kappa shape index (κ2) is 4.57. The second-order valence-corrected chi connectivity index (χ2v) is 5.55. The van der Waals surface area contributed by atoms with Gasteiger partial charge in [-0.15, -0.1) is 0 Å². The van der Waals surface area contributed by atoms with Gasteiger partial charge in [0.15, 0.2) is 0 Å². The fraction of sp³-hybridized carbons (Fsp3) is 0.571. The Labute approximate surface area is 104 Å². The summed E-state index contributed by atoms with van der Waals surface area (Å²) in [5, 5.41) is 3.50. The van der Waals surface area contributed by atoms with Crippen molar-refractivity contribution in [2.75, 3.05) is 44.1 Å². The van der Waals surface area contributed by atoms with Crippen LogP contribution < -0.4 is 10.2 Å². The molecule has 17 heavy (non-hydrogen) atoms. The Morgan fingerprint density at radius 1 is 1.35 bits per heavy atom. The average Bonchev–Trinajstić information content (AvgIpc) is 2.25. The Morgan fingerprint density at radius 3 is 2.59 bits per heavy atom. The number of nitrogens with zero attached hydrogens (tertiary/aromatic N) is 1. The smallest absolute Gasteiger partial charge is 0.0559 e. The van der Waals surface area contributed by atoms with Crippen LogP contribution in [0.2, 0.25) is 0 Å². The van der Waals surface area contributed by atoms with Gasteiger partial charge in [-0.1, -0.05) is 13.0 Å². The maximum absolute atomic E-state index is 5.26. The number of ether oxygens (including phenoxy) is 1. The van der Waals surface area contributed by atoms with Crippen molar-refractivity contribution in [3.8, 4) is 0 Å². The number of benzene rings is 1. The van der Waals surface area contributed by atoms with Crippen LogP contribution in [-0.4, -0.2) is 33.9 Å². The summed E-state index contributed by atoms with van der Waals surface area (Å²) in [6.45, 7) is 7.10. The van der Waals surface area contributed by atoms with Crippen LogP contribution in [0.1, 0.15) is 12.5 Å². The molecule has 94 valence electrons. The Kier molecular flexibility index (Phi) is 3.29. The lowest BCUT2D eigenvalue weighted by molar-refractivity contribution is -0.0924. The summed E-state index contributed by atoms with van der Waals surface area (Å²) in [4.78, 5) is 2.15. The van der Waals surface area contributed by atoms with E-state index in [2.05, 4.69) is 56.4 Å². The molecule has 3 heteroatoms. The number of anilines is 2. The maximum Gasteiger partial charge on any atom is 0.0559 e. The molecule has 1 saturated heterocycles. The van der Waals surface area contributed by atoms with Gasteiger partial charge in [0.05, 0.1) is 13.2 Å². The van der Waals surface area contributed by atoms with E-state index < -0.39 is 0 Å². The fourth-order valence-corrected chi connectivity index (χ4v) is 2.07. The first-order chi connectivity index (χ1) is 8.00. The molecule has 0 radical (unpaired) electrons. The zero-order valence-electron chi connectivity index (χ0n) is 11.2. The molecule has 0 aliphatic carbocycles. The van der Waals surface area contributed by atoms with Gasteiger partial charge >= 0.3 is 0 Å². The molecule has 1 heterocycles. The van der Waals surface area contributed by atoms with Crippen molar-refractivity contribution >= 4 is 11.4 Å². The van der Waals surface area contributed by atoms with Gasteiger partial charge < -0.3 is 15.0 Å². The van der Waals surface area contributed by atoms with Crippen molar-refractivity contribution in [2.45, 2.75) is 13.8 Å². The van der Waals surface area contributed by atoms with E-state index in [9.17, 15) is 0 Å². The third kappa shape index (κ3) is 2.72. The first kappa shape index (κ1) is 12.2. The lowest BCUT2D eigenvalue weighted by Crippen LogP contribution is -2.45. The molecule has 1 aromatic carbocycles. The van der Waals surface area contributed by atoms with Gasteiger partial charge in [0.2, 0.25) is 0 Å². The highest BCUT2D eigenvalue weighted by Crippen LogP contribution is 2.28. The zero-order chi connectivity index (χ0) is 12.5. The van der Waals surface area contributed by atoms with E-state index in [0.717, 1.165) is 19.8 Å².